The van der Waals surface area contributed by atoms with Gasteiger partial charge in [0.25, 0.3) is 0 Å². The highest BCUT2D eigenvalue weighted by Crippen LogP contribution is 2.33. The fraction of sp³-hybridized carbons (Fsp3) is 0.933. The van der Waals surface area contributed by atoms with Gasteiger partial charge in [0, 0.05) is 18.0 Å². The smallest absolute Gasteiger partial charge is 0.222 e. The minimum Gasteiger partial charge on any atom is -0.353 e. The van der Waals surface area contributed by atoms with Crippen molar-refractivity contribution in [3.63, 3.8) is 0 Å². The van der Waals surface area contributed by atoms with E-state index < -0.39 is 5.54 Å². The van der Waals surface area contributed by atoms with Crippen molar-refractivity contribution in [3.05, 3.63) is 0 Å². The molecule has 3 nitrogen and oxygen atoms in total. The molecule has 1 aliphatic rings. The minimum absolute atomic E-state index is 0.104. The lowest BCUT2D eigenvalue weighted by atomic mass is 9.74. The van der Waals surface area contributed by atoms with E-state index in [1.54, 1.807) is 0 Å². The summed E-state index contributed by atoms with van der Waals surface area (Å²) < 4.78 is 0. The third kappa shape index (κ3) is 4.97. The van der Waals surface area contributed by atoms with E-state index in [-0.39, 0.29) is 5.91 Å². The van der Waals surface area contributed by atoms with Crippen molar-refractivity contribution in [2.24, 2.45) is 23.5 Å². The third-order valence-electron chi connectivity index (χ3n) is 3.98. The van der Waals surface area contributed by atoms with Gasteiger partial charge in [-0.2, -0.15) is 0 Å². The fourth-order valence-electron chi connectivity index (χ4n) is 3.04. The van der Waals surface area contributed by atoms with Gasteiger partial charge in [0.1, 0.15) is 0 Å². The molecule has 0 spiro atoms. The molecule has 1 fully saturated rings. The first kappa shape index (κ1) is 15.5. The molecular weight excluding hydrogens is 224 g/mol. The van der Waals surface area contributed by atoms with Crippen molar-refractivity contribution in [1.82, 2.24) is 5.32 Å². The largest absolute Gasteiger partial charge is 0.353 e. The van der Waals surface area contributed by atoms with E-state index in [0.29, 0.717) is 24.3 Å². The van der Waals surface area contributed by atoms with Gasteiger partial charge in [0.15, 0.2) is 0 Å². The van der Waals surface area contributed by atoms with Crippen molar-refractivity contribution in [1.29, 1.82) is 0 Å². The van der Waals surface area contributed by atoms with Crippen LogP contribution >= 0.6 is 0 Å². The van der Waals surface area contributed by atoms with Crippen molar-refractivity contribution in [2.45, 2.75) is 71.9 Å². The summed E-state index contributed by atoms with van der Waals surface area (Å²) in [5, 5.41) is 3.22. The van der Waals surface area contributed by atoms with Crippen LogP contribution in [0, 0.1) is 17.8 Å². The summed E-state index contributed by atoms with van der Waals surface area (Å²) in [6, 6.07) is 0.337. The molecule has 18 heavy (non-hydrogen) atoms. The molecule has 0 aliphatic heterocycles. The lowest BCUT2D eigenvalue weighted by Gasteiger charge is -2.38. The summed E-state index contributed by atoms with van der Waals surface area (Å²) in [5.74, 6) is 2.07. The lowest BCUT2D eigenvalue weighted by molar-refractivity contribution is -0.123. The van der Waals surface area contributed by atoms with Crippen molar-refractivity contribution >= 4 is 5.91 Å². The quantitative estimate of drug-likeness (QED) is 0.810. The van der Waals surface area contributed by atoms with Crippen LogP contribution in [0.1, 0.15) is 60.3 Å². The van der Waals surface area contributed by atoms with Gasteiger partial charge in [0.2, 0.25) is 5.91 Å². The zero-order valence-electron chi connectivity index (χ0n) is 12.6. The average Bonchev–Trinajstić information content (AvgIpc) is 2.13. The standard InChI is InChI=1S/C15H30N2O/c1-10(2)12-7-6-11(3)8-13(12)17-14(18)9-15(4,5)16/h10-13H,6-9,16H2,1-5H3,(H,17,18). The highest BCUT2D eigenvalue weighted by Gasteiger charge is 2.32. The second-order valence-electron chi connectivity index (χ2n) is 7.17. The van der Waals surface area contributed by atoms with Crippen LogP contribution in [0.5, 0.6) is 0 Å². The Morgan fingerprint density at radius 3 is 2.50 bits per heavy atom. The maximum absolute atomic E-state index is 12.0. The topological polar surface area (TPSA) is 55.1 Å². The first-order chi connectivity index (χ1) is 8.19. The Balaban J connectivity index is 2.58. The minimum atomic E-state index is -0.419. The molecule has 106 valence electrons. The first-order valence-electron chi connectivity index (χ1n) is 7.27. The molecular formula is C15H30N2O. The second kappa shape index (κ2) is 6.05. The summed E-state index contributed by atoms with van der Waals surface area (Å²) in [6.07, 6.45) is 4.04. The number of hydrogen-bond donors (Lipinski definition) is 2. The molecule has 1 rings (SSSR count). The molecule has 0 bridgehead atoms. The van der Waals surface area contributed by atoms with E-state index in [1.165, 1.54) is 12.8 Å². The molecule has 3 heteroatoms. The maximum Gasteiger partial charge on any atom is 0.222 e. The number of amides is 1. The van der Waals surface area contributed by atoms with Gasteiger partial charge < -0.3 is 11.1 Å². The van der Waals surface area contributed by atoms with Gasteiger partial charge in [-0.05, 0) is 44.4 Å². The van der Waals surface area contributed by atoms with Crippen LogP contribution in [-0.2, 0) is 4.79 Å². The molecule has 0 aromatic carbocycles. The van der Waals surface area contributed by atoms with Crippen LogP contribution in [0.25, 0.3) is 0 Å². The maximum atomic E-state index is 12.0. The van der Waals surface area contributed by atoms with Crippen LogP contribution < -0.4 is 11.1 Å². The van der Waals surface area contributed by atoms with Crippen LogP contribution in [0.15, 0.2) is 0 Å². The second-order valence-corrected chi connectivity index (χ2v) is 7.17. The van der Waals surface area contributed by atoms with Gasteiger partial charge in [-0.25, -0.2) is 0 Å². The highest BCUT2D eigenvalue weighted by molar-refractivity contribution is 5.77. The Labute approximate surface area is 112 Å². The summed E-state index contributed by atoms with van der Waals surface area (Å²) >= 11 is 0. The molecule has 0 saturated heterocycles. The van der Waals surface area contributed by atoms with Crippen molar-refractivity contribution in [3.8, 4) is 0 Å². The normalized spacial score (nSPS) is 29.4. The third-order valence-corrected chi connectivity index (χ3v) is 3.98. The van der Waals surface area contributed by atoms with Crippen LogP contribution in [0.2, 0.25) is 0 Å². The Hall–Kier alpha value is -0.570. The van der Waals surface area contributed by atoms with Gasteiger partial charge in [0.05, 0.1) is 0 Å². The Kier molecular flexibility index (Phi) is 5.20. The van der Waals surface area contributed by atoms with E-state index in [2.05, 4.69) is 26.1 Å². The molecule has 0 heterocycles. The summed E-state index contributed by atoms with van der Waals surface area (Å²) in [5.41, 5.74) is 5.48. The summed E-state index contributed by atoms with van der Waals surface area (Å²) in [4.78, 5) is 12.0. The Morgan fingerprint density at radius 2 is 2.00 bits per heavy atom. The van der Waals surface area contributed by atoms with Crippen LogP contribution in [0.4, 0.5) is 0 Å². The molecule has 1 aliphatic carbocycles. The lowest BCUT2D eigenvalue weighted by Crippen LogP contribution is -2.48. The predicted molar refractivity (Wildman–Crippen MR) is 76.2 cm³/mol. The number of nitrogens with one attached hydrogen (secondary N) is 1. The van der Waals surface area contributed by atoms with E-state index in [1.807, 2.05) is 13.8 Å². The number of hydrogen-bond acceptors (Lipinski definition) is 2. The molecule has 1 amide bonds. The van der Waals surface area contributed by atoms with Crippen molar-refractivity contribution in [2.75, 3.05) is 0 Å². The van der Waals surface area contributed by atoms with Crippen molar-refractivity contribution < 1.29 is 4.79 Å². The molecule has 0 radical (unpaired) electrons. The fourth-order valence-corrected chi connectivity index (χ4v) is 3.04. The van der Waals surface area contributed by atoms with Gasteiger partial charge >= 0.3 is 0 Å². The summed E-state index contributed by atoms with van der Waals surface area (Å²) in [6.45, 7) is 10.6. The van der Waals surface area contributed by atoms with E-state index in [0.717, 1.165) is 12.3 Å². The van der Waals surface area contributed by atoms with Crippen LogP contribution in [0.3, 0.4) is 0 Å². The molecule has 0 aromatic heterocycles. The van der Waals surface area contributed by atoms with E-state index in [9.17, 15) is 4.79 Å². The molecule has 3 unspecified atom stereocenters. The molecule has 3 atom stereocenters. The summed E-state index contributed by atoms with van der Waals surface area (Å²) in [7, 11) is 0. The van der Waals surface area contributed by atoms with Gasteiger partial charge in [-0.1, -0.05) is 27.2 Å². The number of rotatable bonds is 4. The average molecular weight is 254 g/mol. The van der Waals surface area contributed by atoms with Crippen LogP contribution in [-0.4, -0.2) is 17.5 Å². The molecule has 3 N–H and O–H groups in total. The predicted octanol–water partition coefficient (Wildman–Crippen LogP) is 2.69. The first-order valence-corrected chi connectivity index (χ1v) is 7.27. The van der Waals surface area contributed by atoms with E-state index in [4.69, 9.17) is 5.73 Å². The SMILES string of the molecule is CC1CCC(C(C)C)C(NC(=O)CC(C)(C)N)C1. The monoisotopic (exact) mass is 254 g/mol. The zero-order chi connectivity index (χ0) is 13.9. The number of nitrogens with two attached hydrogens (primary N) is 1. The van der Waals surface area contributed by atoms with Gasteiger partial charge in [-0.3, -0.25) is 4.79 Å². The molecule has 0 aromatic rings. The number of carbonyl (C=O) groups excluding carboxylic acids is 1. The van der Waals surface area contributed by atoms with E-state index >= 15 is 0 Å². The van der Waals surface area contributed by atoms with Gasteiger partial charge in [-0.15, -0.1) is 0 Å². The Morgan fingerprint density at radius 1 is 1.39 bits per heavy atom. The molecule has 1 saturated carbocycles. The number of carbonyl (C=O) groups is 1. The zero-order valence-corrected chi connectivity index (χ0v) is 12.6. The highest BCUT2D eigenvalue weighted by atomic mass is 16.1. The Bertz CT molecular complexity index is 281.